The van der Waals surface area contributed by atoms with Gasteiger partial charge in [0.05, 0.1) is 5.41 Å². The lowest BCUT2D eigenvalue weighted by molar-refractivity contribution is -0.146. The molecule has 3 fully saturated rings. The second-order valence-corrected chi connectivity index (χ2v) is 7.97. The second kappa shape index (κ2) is 6.46. The molecular formula is C19H28N4O2. The lowest BCUT2D eigenvalue weighted by Gasteiger charge is -2.42. The smallest absolute Gasteiger partial charge is 0.274 e. The number of rotatable bonds is 4. The van der Waals surface area contributed by atoms with Crippen LogP contribution in [0.5, 0.6) is 0 Å². The highest BCUT2D eigenvalue weighted by Gasteiger charge is 2.49. The van der Waals surface area contributed by atoms with E-state index in [1.54, 1.807) is 10.7 Å². The van der Waals surface area contributed by atoms with Crippen LogP contribution < -0.4 is 0 Å². The molecule has 2 saturated heterocycles. The Morgan fingerprint density at radius 1 is 1.28 bits per heavy atom. The fourth-order valence-corrected chi connectivity index (χ4v) is 4.55. The zero-order valence-electron chi connectivity index (χ0n) is 15.1. The van der Waals surface area contributed by atoms with Crippen LogP contribution in [0.25, 0.3) is 0 Å². The SMILES string of the molecule is CCn1ccc(C(=O)N2CC[C@]3(CCCN(CC4CCC4)C3=O)C2)n1. The van der Waals surface area contributed by atoms with E-state index in [2.05, 4.69) is 10.00 Å². The molecule has 1 spiro atoms. The maximum atomic E-state index is 13.1. The minimum Gasteiger partial charge on any atom is -0.342 e. The maximum Gasteiger partial charge on any atom is 0.274 e. The van der Waals surface area contributed by atoms with Gasteiger partial charge in [-0.05, 0) is 51.0 Å². The molecule has 4 rings (SSSR count). The van der Waals surface area contributed by atoms with Gasteiger partial charge in [-0.2, -0.15) is 5.10 Å². The normalized spacial score (nSPS) is 27.2. The standard InChI is InChI=1S/C19H28N4O2/c1-2-23-11-7-16(20-23)17(24)22-12-9-19(14-22)8-4-10-21(18(19)25)13-15-5-3-6-15/h7,11,15H,2-6,8-10,12-14H2,1H3/t19-/m1/s1. The highest BCUT2D eigenvalue weighted by Crippen LogP contribution is 2.41. The van der Waals surface area contributed by atoms with Crippen LogP contribution in [0.15, 0.2) is 12.3 Å². The molecule has 0 unspecified atom stereocenters. The van der Waals surface area contributed by atoms with Gasteiger partial charge in [-0.15, -0.1) is 0 Å². The summed E-state index contributed by atoms with van der Waals surface area (Å²) in [6.45, 7) is 5.81. The monoisotopic (exact) mass is 344 g/mol. The van der Waals surface area contributed by atoms with E-state index in [0.29, 0.717) is 30.6 Å². The van der Waals surface area contributed by atoms with E-state index in [0.717, 1.165) is 38.9 Å². The lowest BCUT2D eigenvalue weighted by atomic mass is 9.77. The molecule has 1 aromatic rings. The molecule has 3 heterocycles. The van der Waals surface area contributed by atoms with Crippen molar-refractivity contribution in [1.82, 2.24) is 19.6 Å². The largest absolute Gasteiger partial charge is 0.342 e. The van der Waals surface area contributed by atoms with Gasteiger partial charge >= 0.3 is 0 Å². The Labute approximate surface area is 149 Å². The van der Waals surface area contributed by atoms with Crippen LogP contribution in [0.1, 0.15) is 55.9 Å². The third-order valence-electron chi connectivity index (χ3n) is 6.35. The van der Waals surface area contributed by atoms with Crippen LogP contribution in [0.3, 0.4) is 0 Å². The first-order valence-corrected chi connectivity index (χ1v) is 9.73. The Kier molecular flexibility index (Phi) is 4.29. The summed E-state index contributed by atoms with van der Waals surface area (Å²) in [6, 6.07) is 1.78. The first-order chi connectivity index (χ1) is 12.1. The van der Waals surface area contributed by atoms with Crippen LogP contribution in [0.2, 0.25) is 0 Å². The number of nitrogens with zero attached hydrogens (tertiary/aromatic N) is 4. The average molecular weight is 344 g/mol. The molecule has 2 aliphatic heterocycles. The van der Waals surface area contributed by atoms with Crippen LogP contribution >= 0.6 is 0 Å². The molecule has 0 aromatic carbocycles. The van der Waals surface area contributed by atoms with Crippen LogP contribution in [0.4, 0.5) is 0 Å². The van der Waals surface area contributed by atoms with E-state index in [1.165, 1.54) is 19.3 Å². The van der Waals surface area contributed by atoms with E-state index in [9.17, 15) is 9.59 Å². The van der Waals surface area contributed by atoms with Gasteiger partial charge in [-0.3, -0.25) is 14.3 Å². The summed E-state index contributed by atoms with van der Waals surface area (Å²) >= 11 is 0. The van der Waals surface area contributed by atoms with Crippen molar-refractivity contribution < 1.29 is 9.59 Å². The van der Waals surface area contributed by atoms with Gasteiger partial charge in [-0.25, -0.2) is 0 Å². The number of likely N-dealkylation sites (tertiary alicyclic amines) is 2. The minimum absolute atomic E-state index is 0.0343. The Morgan fingerprint density at radius 2 is 2.12 bits per heavy atom. The molecule has 0 N–H and O–H groups in total. The van der Waals surface area contributed by atoms with Gasteiger partial charge in [-0.1, -0.05) is 6.42 Å². The molecule has 6 nitrogen and oxygen atoms in total. The summed E-state index contributed by atoms with van der Waals surface area (Å²) < 4.78 is 1.77. The van der Waals surface area contributed by atoms with Gasteiger partial charge in [0.1, 0.15) is 5.69 Å². The number of carbonyl (C=O) groups is 2. The van der Waals surface area contributed by atoms with Gasteiger partial charge in [0.15, 0.2) is 0 Å². The Morgan fingerprint density at radius 3 is 2.80 bits per heavy atom. The number of carbonyl (C=O) groups excluding carboxylic acids is 2. The second-order valence-electron chi connectivity index (χ2n) is 7.97. The number of piperidine rings is 1. The molecule has 0 bridgehead atoms. The molecule has 136 valence electrons. The minimum atomic E-state index is -0.342. The van der Waals surface area contributed by atoms with Crippen molar-refractivity contribution in [2.75, 3.05) is 26.2 Å². The molecule has 1 saturated carbocycles. The van der Waals surface area contributed by atoms with Gasteiger partial charge in [0, 0.05) is 38.9 Å². The Balaban J connectivity index is 1.44. The molecule has 1 aliphatic carbocycles. The first-order valence-electron chi connectivity index (χ1n) is 9.73. The first kappa shape index (κ1) is 16.6. The summed E-state index contributed by atoms with van der Waals surface area (Å²) in [5.74, 6) is 0.962. The molecule has 2 amide bonds. The summed E-state index contributed by atoms with van der Waals surface area (Å²) in [4.78, 5) is 29.8. The predicted molar refractivity (Wildman–Crippen MR) is 94.0 cm³/mol. The molecule has 6 heteroatoms. The molecule has 1 atom stereocenters. The fourth-order valence-electron chi connectivity index (χ4n) is 4.55. The van der Waals surface area contributed by atoms with Crippen LogP contribution in [-0.4, -0.2) is 57.6 Å². The maximum absolute atomic E-state index is 13.1. The van der Waals surface area contributed by atoms with Crippen molar-refractivity contribution in [3.05, 3.63) is 18.0 Å². The van der Waals surface area contributed by atoms with Gasteiger partial charge < -0.3 is 9.80 Å². The van der Waals surface area contributed by atoms with E-state index in [-0.39, 0.29) is 11.3 Å². The molecule has 3 aliphatic rings. The van der Waals surface area contributed by atoms with Crippen LogP contribution in [0, 0.1) is 11.3 Å². The zero-order chi connectivity index (χ0) is 17.4. The van der Waals surface area contributed by atoms with Gasteiger partial charge in [0.25, 0.3) is 5.91 Å². The van der Waals surface area contributed by atoms with Crippen molar-refractivity contribution in [3.63, 3.8) is 0 Å². The number of aryl methyl sites for hydroxylation is 1. The average Bonchev–Trinajstić information content (AvgIpc) is 3.22. The number of amides is 2. The van der Waals surface area contributed by atoms with Crippen molar-refractivity contribution in [3.8, 4) is 0 Å². The third-order valence-corrected chi connectivity index (χ3v) is 6.35. The van der Waals surface area contributed by atoms with Crippen molar-refractivity contribution in [2.45, 2.75) is 52.0 Å². The molecule has 25 heavy (non-hydrogen) atoms. The predicted octanol–water partition coefficient (Wildman–Crippen LogP) is 2.16. The topological polar surface area (TPSA) is 58.4 Å². The van der Waals surface area contributed by atoms with E-state index < -0.39 is 0 Å². The van der Waals surface area contributed by atoms with E-state index in [4.69, 9.17) is 0 Å². The lowest BCUT2D eigenvalue weighted by Crippen LogP contribution is -2.52. The number of hydrogen-bond donors (Lipinski definition) is 0. The van der Waals surface area contributed by atoms with Crippen molar-refractivity contribution >= 4 is 11.8 Å². The summed E-state index contributed by atoms with van der Waals surface area (Å²) in [5, 5.41) is 4.33. The van der Waals surface area contributed by atoms with Gasteiger partial charge in [0.2, 0.25) is 5.91 Å². The summed E-state index contributed by atoms with van der Waals surface area (Å²) in [6.07, 6.45) is 8.46. The van der Waals surface area contributed by atoms with Crippen LogP contribution in [-0.2, 0) is 11.3 Å². The fraction of sp³-hybridized carbons (Fsp3) is 0.737. The zero-order valence-corrected chi connectivity index (χ0v) is 15.1. The molecule has 0 radical (unpaired) electrons. The summed E-state index contributed by atoms with van der Waals surface area (Å²) in [7, 11) is 0. The van der Waals surface area contributed by atoms with E-state index >= 15 is 0 Å². The molecule has 1 aromatic heterocycles. The summed E-state index contributed by atoms with van der Waals surface area (Å²) in [5.41, 5.74) is 0.152. The van der Waals surface area contributed by atoms with E-state index in [1.807, 2.05) is 18.0 Å². The number of aromatic nitrogens is 2. The third kappa shape index (κ3) is 2.96. The highest BCUT2D eigenvalue weighted by atomic mass is 16.2. The molecular weight excluding hydrogens is 316 g/mol. The highest BCUT2D eigenvalue weighted by molar-refractivity contribution is 5.93. The quantitative estimate of drug-likeness (QED) is 0.841. The Bertz CT molecular complexity index is 666. The van der Waals surface area contributed by atoms with Crippen molar-refractivity contribution in [1.29, 1.82) is 0 Å². The Hall–Kier alpha value is -1.85. The van der Waals surface area contributed by atoms with Crippen molar-refractivity contribution in [2.24, 2.45) is 11.3 Å². The number of hydrogen-bond acceptors (Lipinski definition) is 3.